The smallest absolute Gasteiger partial charge is 0.0150 e. The van der Waals surface area contributed by atoms with Crippen molar-refractivity contribution in [3.05, 3.63) is 12.2 Å². The molecule has 0 aromatic heterocycles. The van der Waals surface area contributed by atoms with Crippen LogP contribution in [0.4, 0.5) is 0 Å². The maximum Gasteiger partial charge on any atom is 0.0150 e. The molecule has 0 spiro atoms. The van der Waals surface area contributed by atoms with Crippen molar-refractivity contribution in [2.45, 2.75) is 87.0 Å². The van der Waals surface area contributed by atoms with Crippen LogP contribution in [-0.4, -0.2) is 5.37 Å². The molecule has 2 aliphatic rings. The fraction of sp³-hybridized carbons (Fsp3) is 0.885. The molecule has 0 heterocycles. The SMILES string of the molecule is C=C1C(C=S)C1C(C)C(C)C(C(C)CCC)C(C)C(C)C1CCCC1CC. The molecule has 10 unspecified atom stereocenters. The molecule has 27 heavy (non-hydrogen) atoms. The number of allylic oxidation sites excluding steroid dienone is 1. The lowest BCUT2D eigenvalue weighted by Gasteiger charge is -2.43. The lowest BCUT2D eigenvalue weighted by Crippen LogP contribution is -2.36. The average Bonchev–Trinajstić information content (AvgIpc) is 3.06. The molecule has 2 rings (SSSR count). The Morgan fingerprint density at radius 3 is 2.19 bits per heavy atom. The van der Waals surface area contributed by atoms with E-state index < -0.39 is 0 Å². The van der Waals surface area contributed by atoms with Gasteiger partial charge in [0.25, 0.3) is 0 Å². The van der Waals surface area contributed by atoms with Crippen LogP contribution in [0.5, 0.6) is 0 Å². The predicted molar refractivity (Wildman–Crippen MR) is 125 cm³/mol. The Morgan fingerprint density at radius 2 is 1.67 bits per heavy atom. The van der Waals surface area contributed by atoms with Crippen molar-refractivity contribution >= 4 is 17.6 Å². The summed E-state index contributed by atoms with van der Waals surface area (Å²) in [6.07, 6.45) is 8.44. The van der Waals surface area contributed by atoms with Gasteiger partial charge in [0.2, 0.25) is 0 Å². The zero-order chi connectivity index (χ0) is 20.3. The van der Waals surface area contributed by atoms with E-state index in [0.29, 0.717) is 17.8 Å². The molecule has 0 saturated heterocycles. The first-order valence-electron chi connectivity index (χ1n) is 11.9. The number of rotatable bonds is 11. The molecule has 0 N–H and O–H groups in total. The fourth-order valence-electron chi connectivity index (χ4n) is 7.04. The average molecular weight is 391 g/mol. The normalized spacial score (nSPS) is 34.6. The highest BCUT2D eigenvalue weighted by molar-refractivity contribution is 7.79. The van der Waals surface area contributed by atoms with E-state index in [4.69, 9.17) is 12.2 Å². The summed E-state index contributed by atoms with van der Waals surface area (Å²) in [5, 5.41) is 1.97. The van der Waals surface area contributed by atoms with Gasteiger partial charge in [-0.15, -0.1) is 0 Å². The molecule has 10 atom stereocenters. The standard InChI is InChI=1S/C26H46S/c1-9-12-16(3)25(19(6)20(7)26-21(8)24(26)15-27)18(5)17(4)23-14-11-13-22(23)10-2/h15-20,22-26H,8-14H2,1-7H3. The van der Waals surface area contributed by atoms with E-state index in [1.807, 2.05) is 5.37 Å². The van der Waals surface area contributed by atoms with Crippen LogP contribution in [0, 0.1) is 59.2 Å². The molecule has 0 aromatic rings. The third kappa shape index (κ3) is 4.88. The number of hydrogen-bond donors (Lipinski definition) is 0. The van der Waals surface area contributed by atoms with Gasteiger partial charge in [-0.2, -0.15) is 0 Å². The van der Waals surface area contributed by atoms with Gasteiger partial charge in [-0.1, -0.05) is 105 Å². The van der Waals surface area contributed by atoms with Crippen molar-refractivity contribution in [1.29, 1.82) is 0 Å². The molecule has 2 aliphatic carbocycles. The van der Waals surface area contributed by atoms with Gasteiger partial charge in [-0.05, 0) is 65.0 Å². The predicted octanol–water partition coefficient (Wildman–Crippen LogP) is 8.21. The molecule has 156 valence electrons. The van der Waals surface area contributed by atoms with Crippen LogP contribution in [0.1, 0.15) is 87.0 Å². The third-order valence-electron chi connectivity index (χ3n) is 9.04. The Bertz CT molecular complexity index is 494. The second kappa shape index (κ2) is 10.0. The van der Waals surface area contributed by atoms with Gasteiger partial charge in [-0.25, -0.2) is 0 Å². The van der Waals surface area contributed by atoms with E-state index in [1.165, 1.54) is 44.1 Å². The van der Waals surface area contributed by atoms with Crippen molar-refractivity contribution in [3.63, 3.8) is 0 Å². The summed E-state index contributed by atoms with van der Waals surface area (Å²) in [5.41, 5.74) is 1.40. The van der Waals surface area contributed by atoms with E-state index in [0.717, 1.165) is 41.4 Å². The Hall–Kier alpha value is -0.170. The number of hydrogen-bond acceptors (Lipinski definition) is 1. The highest BCUT2D eigenvalue weighted by Gasteiger charge is 2.48. The van der Waals surface area contributed by atoms with E-state index >= 15 is 0 Å². The Kier molecular flexibility index (Phi) is 8.59. The van der Waals surface area contributed by atoms with Crippen molar-refractivity contribution in [2.75, 3.05) is 0 Å². The molecular formula is C26H46S. The largest absolute Gasteiger partial charge is 0.0989 e. The molecule has 0 nitrogen and oxygen atoms in total. The third-order valence-corrected chi connectivity index (χ3v) is 9.33. The first-order chi connectivity index (χ1) is 12.8. The Morgan fingerprint density at radius 1 is 1.04 bits per heavy atom. The maximum atomic E-state index is 5.26. The molecule has 2 fully saturated rings. The van der Waals surface area contributed by atoms with Crippen LogP contribution in [0.15, 0.2) is 12.2 Å². The molecule has 0 bridgehead atoms. The molecule has 0 amide bonds. The molecule has 1 heteroatoms. The fourth-order valence-corrected chi connectivity index (χ4v) is 7.39. The van der Waals surface area contributed by atoms with E-state index in [2.05, 4.69) is 55.0 Å². The molecule has 2 saturated carbocycles. The van der Waals surface area contributed by atoms with E-state index in [-0.39, 0.29) is 0 Å². The van der Waals surface area contributed by atoms with Crippen molar-refractivity contribution in [2.24, 2.45) is 59.2 Å². The minimum atomic E-state index is 0.506. The summed E-state index contributed by atoms with van der Waals surface area (Å²) in [7, 11) is 0. The molecular weight excluding hydrogens is 344 g/mol. The Labute approximate surface area is 176 Å². The van der Waals surface area contributed by atoms with Crippen LogP contribution in [-0.2, 0) is 0 Å². The molecule has 0 aliphatic heterocycles. The highest BCUT2D eigenvalue weighted by atomic mass is 32.1. The summed E-state index contributed by atoms with van der Waals surface area (Å²) in [4.78, 5) is 0. The second-order valence-electron chi connectivity index (χ2n) is 10.3. The van der Waals surface area contributed by atoms with Gasteiger partial charge < -0.3 is 0 Å². The minimum Gasteiger partial charge on any atom is -0.0989 e. The first-order valence-corrected chi connectivity index (χ1v) is 12.4. The Balaban J connectivity index is 2.17. The van der Waals surface area contributed by atoms with E-state index in [9.17, 15) is 0 Å². The highest BCUT2D eigenvalue weighted by Crippen LogP contribution is 2.54. The van der Waals surface area contributed by atoms with Gasteiger partial charge >= 0.3 is 0 Å². The second-order valence-corrected chi connectivity index (χ2v) is 10.6. The van der Waals surface area contributed by atoms with Crippen molar-refractivity contribution in [3.8, 4) is 0 Å². The van der Waals surface area contributed by atoms with Gasteiger partial charge in [0.05, 0.1) is 0 Å². The zero-order valence-electron chi connectivity index (χ0n) is 19.2. The van der Waals surface area contributed by atoms with Crippen LogP contribution in [0.3, 0.4) is 0 Å². The summed E-state index contributed by atoms with van der Waals surface area (Å²) >= 11 is 5.26. The van der Waals surface area contributed by atoms with Gasteiger partial charge in [0.15, 0.2) is 0 Å². The summed E-state index contributed by atoms with van der Waals surface area (Å²) in [6.45, 7) is 21.8. The van der Waals surface area contributed by atoms with Crippen molar-refractivity contribution in [1.82, 2.24) is 0 Å². The first kappa shape index (κ1) is 23.1. The van der Waals surface area contributed by atoms with Crippen LogP contribution in [0.25, 0.3) is 0 Å². The van der Waals surface area contributed by atoms with Crippen molar-refractivity contribution < 1.29 is 0 Å². The van der Waals surface area contributed by atoms with E-state index in [1.54, 1.807) is 0 Å². The van der Waals surface area contributed by atoms with Crippen LogP contribution in [0.2, 0.25) is 0 Å². The monoisotopic (exact) mass is 390 g/mol. The molecule has 0 aromatic carbocycles. The lowest BCUT2D eigenvalue weighted by atomic mass is 9.63. The number of thiocarbonyl (C=S) groups is 1. The summed E-state index contributed by atoms with van der Waals surface area (Å²) in [6, 6.07) is 0. The van der Waals surface area contributed by atoms with Crippen LogP contribution >= 0.6 is 12.2 Å². The maximum absolute atomic E-state index is 5.26. The van der Waals surface area contributed by atoms with Gasteiger partial charge in [0, 0.05) is 5.92 Å². The summed E-state index contributed by atoms with van der Waals surface area (Å²) < 4.78 is 0. The zero-order valence-corrected chi connectivity index (χ0v) is 20.0. The quantitative estimate of drug-likeness (QED) is 0.253. The topological polar surface area (TPSA) is 0 Å². The molecule has 0 radical (unpaired) electrons. The summed E-state index contributed by atoms with van der Waals surface area (Å²) in [5.74, 6) is 7.79. The van der Waals surface area contributed by atoms with Crippen LogP contribution < -0.4 is 0 Å². The lowest BCUT2D eigenvalue weighted by molar-refractivity contribution is 0.0595. The van der Waals surface area contributed by atoms with Gasteiger partial charge in [0.1, 0.15) is 0 Å². The van der Waals surface area contributed by atoms with Gasteiger partial charge in [-0.3, -0.25) is 0 Å². The minimum absolute atomic E-state index is 0.506.